The average Bonchev–Trinajstić information content (AvgIpc) is 2.56. The van der Waals surface area contributed by atoms with Crippen LogP contribution < -0.4 is 39.4 Å². The fourth-order valence-electron chi connectivity index (χ4n) is 2.61. The Morgan fingerprint density at radius 1 is 1.04 bits per heavy atom. The van der Waals surface area contributed by atoms with Crippen LogP contribution >= 0.6 is 0 Å². The van der Waals surface area contributed by atoms with E-state index in [1.165, 1.54) is 11.1 Å². The minimum Gasteiger partial charge on any atom is -0.546 e. The number of ether oxygens (including phenoxy) is 1. The average molecular weight is 348 g/mol. The minimum absolute atomic E-state index is 0. The Labute approximate surface area is 172 Å². The monoisotopic (exact) mass is 348 g/mol. The zero-order valence-electron chi connectivity index (χ0n) is 15.8. The molecule has 0 bridgehead atoms. The topological polar surface area (TPSA) is 49.4 Å². The third kappa shape index (κ3) is 5.88. The fraction of sp³-hybridized carbons (Fsp3) is 0.381. The quantitative estimate of drug-likeness (QED) is 0.685. The summed E-state index contributed by atoms with van der Waals surface area (Å²) < 4.78 is 5.80. The molecule has 0 spiro atoms. The van der Waals surface area contributed by atoms with Crippen LogP contribution in [0.2, 0.25) is 0 Å². The molecule has 0 heterocycles. The maximum absolute atomic E-state index is 11.7. The van der Waals surface area contributed by atoms with Gasteiger partial charge < -0.3 is 14.6 Å². The number of carboxylic acids is 1. The summed E-state index contributed by atoms with van der Waals surface area (Å²) in [4.78, 5) is 11.7. The first kappa shape index (κ1) is 21.8. The van der Waals surface area contributed by atoms with Gasteiger partial charge in [-0.3, -0.25) is 0 Å². The molecule has 0 aliphatic heterocycles. The van der Waals surface area contributed by atoms with E-state index in [-0.39, 0.29) is 36.0 Å². The molecule has 2 rings (SSSR count). The smallest absolute Gasteiger partial charge is 0.546 e. The Morgan fingerprint density at radius 3 is 2.00 bits per heavy atom. The number of hydrogen-bond donors (Lipinski definition) is 0. The summed E-state index contributed by atoms with van der Waals surface area (Å²) >= 11 is 0. The maximum Gasteiger partial charge on any atom is 1.00 e. The van der Waals surface area contributed by atoms with Crippen molar-refractivity contribution >= 4 is 5.97 Å². The molecular formula is C21H25NaO3. The van der Waals surface area contributed by atoms with Crippen molar-refractivity contribution in [2.24, 2.45) is 0 Å². The van der Waals surface area contributed by atoms with Crippen LogP contribution in [0.15, 0.2) is 48.5 Å². The van der Waals surface area contributed by atoms with Crippen LogP contribution in [-0.4, -0.2) is 11.6 Å². The number of carboxylic acid groups (broad SMARTS) is 1. The summed E-state index contributed by atoms with van der Waals surface area (Å²) in [5.74, 6) is -0.255. The summed E-state index contributed by atoms with van der Waals surface area (Å²) in [5.41, 5.74) is 1.91. The van der Waals surface area contributed by atoms with Gasteiger partial charge in [0.25, 0.3) is 0 Å². The van der Waals surface area contributed by atoms with E-state index in [1.807, 2.05) is 48.5 Å². The van der Waals surface area contributed by atoms with Crippen LogP contribution in [0.4, 0.5) is 0 Å². The van der Waals surface area contributed by atoms with Crippen LogP contribution in [0, 0.1) is 0 Å². The Balaban J connectivity index is 0.00000312. The van der Waals surface area contributed by atoms with E-state index in [1.54, 1.807) is 6.92 Å². The van der Waals surface area contributed by atoms with Gasteiger partial charge in [-0.15, -0.1) is 0 Å². The standard InChI is InChI=1S/C21H26O3.Na/c1-5-16-6-8-17(9-7-16)14-21(4,20(22)23)24-19-12-10-18(11-13-19)15(2)3;/h6-13,15H,5,14H2,1-4H3,(H,22,23);/q;+1/p-1. The predicted octanol–water partition coefficient (Wildman–Crippen LogP) is 0.506. The molecule has 0 aromatic heterocycles. The van der Waals surface area contributed by atoms with Crippen LogP contribution in [0.3, 0.4) is 0 Å². The van der Waals surface area contributed by atoms with Crippen molar-refractivity contribution in [3.63, 3.8) is 0 Å². The van der Waals surface area contributed by atoms with E-state index in [2.05, 4.69) is 20.8 Å². The number of carbonyl (C=O) groups excluding carboxylic acids is 1. The van der Waals surface area contributed by atoms with Crippen molar-refractivity contribution in [1.29, 1.82) is 0 Å². The molecule has 1 atom stereocenters. The van der Waals surface area contributed by atoms with E-state index in [4.69, 9.17) is 4.74 Å². The summed E-state index contributed by atoms with van der Waals surface area (Å²) in [5, 5.41) is 11.7. The molecule has 1 unspecified atom stereocenters. The van der Waals surface area contributed by atoms with Crippen molar-refractivity contribution < 1.29 is 44.2 Å². The van der Waals surface area contributed by atoms with Gasteiger partial charge in [-0.2, -0.15) is 0 Å². The fourth-order valence-corrected chi connectivity index (χ4v) is 2.61. The molecule has 0 aliphatic rings. The molecule has 2 aromatic carbocycles. The summed E-state index contributed by atoms with van der Waals surface area (Å²) in [7, 11) is 0. The zero-order valence-corrected chi connectivity index (χ0v) is 17.8. The minimum atomic E-state index is -1.41. The largest absolute Gasteiger partial charge is 1.00 e. The molecule has 0 amide bonds. The molecule has 0 fully saturated rings. The van der Waals surface area contributed by atoms with Crippen molar-refractivity contribution in [2.75, 3.05) is 0 Å². The number of benzene rings is 2. The van der Waals surface area contributed by atoms with Crippen LogP contribution in [0.5, 0.6) is 5.75 Å². The first-order valence-corrected chi connectivity index (χ1v) is 8.42. The van der Waals surface area contributed by atoms with E-state index < -0.39 is 11.6 Å². The van der Waals surface area contributed by atoms with Gasteiger partial charge in [-0.25, -0.2) is 0 Å². The second-order valence-electron chi connectivity index (χ2n) is 6.69. The summed E-state index contributed by atoms with van der Waals surface area (Å²) in [6.07, 6.45) is 1.21. The Bertz CT molecular complexity index is 677. The van der Waals surface area contributed by atoms with Crippen molar-refractivity contribution in [2.45, 2.75) is 52.1 Å². The molecule has 0 saturated carbocycles. The predicted molar refractivity (Wildman–Crippen MR) is 94.1 cm³/mol. The number of rotatable bonds is 7. The number of aliphatic carboxylic acids is 1. The Hall–Kier alpha value is -1.29. The maximum atomic E-state index is 11.7. The van der Waals surface area contributed by atoms with Crippen molar-refractivity contribution in [1.82, 2.24) is 0 Å². The number of carbonyl (C=O) groups is 1. The molecular weight excluding hydrogens is 323 g/mol. The molecule has 0 N–H and O–H groups in total. The second-order valence-corrected chi connectivity index (χ2v) is 6.69. The number of hydrogen-bond acceptors (Lipinski definition) is 3. The Kier molecular flexibility index (Phi) is 8.20. The van der Waals surface area contributed by atoms with Crippen molar-refractivity contribution in [3.05, 3.63) is 65.2 Å². The molecule has 0 aliphatic carbocycles. The van der Waals surface area contributed by atoms with E-state index in [0.717, 1.165) is 12.0 Å². The molecule has 2 aromatic rings. The second kappa shape index (κ2) is 9.42. The third-order valence-corrected chi connectivity index (χ3v) is 4.29. The van der Waals surface area contributed by atoms with E-state index >= 15 is 0 Å². The van der Waals surface area contributed by atoms with Gasteiger partial charge in [0.2, 0.25) is 0 Å². The third-order valence-electron chi connectivity index (χ3n) is 4.29. The van der Waals surface area contributed by atoms with E-state index in [0.29, 0.717) is 11.7 Å². The summed E-state index contributed by atoms with van der Waals surface area (Å²) in [6.45, 7) is 7.87. The molecule has 25 heavy (non-hydrogen) atoms. The molecule has 4 heteroatoms. The zero-order chi connectivity index (χ0) is 17.7. The van der Waals surface area contributed by atoms with Crippen LogP contribution in [0.1, 0.15) is 50.3 Å². The van der Waals surface area contributed by atoms with Crippen LogP contribution in [-0.2, 0) is 17.6 Å². The first-order valence-electron chi connectivity index (χ1n) is 8.42. The van der Waals surface area contributed by atoms with Gasteiger partial charge >= 0.3 is 29.6 Å². The molecule has 3 nitrogen and oxygen atoms in total. The van der Waals surface area contributed by atoms with Gasteiger partial charge in [-0.1, -0.05) is 57.2 Å². The van der Waals surface area contributed by atoms with Crippen LogP contribution in [0.25, 0.3) is 0 Å². The first-order chi connectivity index (χ1) is 11.3. The van der Waals surface area contributed by atoms with E-state index in [9.17, 15) is 9.90 Å². The van der Waals surface area contributed by atoms with Gasteiger partial charge in [0.05, 0.1) is 5.97 Å². The molecule has 0 saturated heterocycles. The van der Waals surface area contributed by atoms with Gasteiger partial charge in [0, 0.05) is 6.42 Å². The Morgan fingerprint density at radius 2 is 1.56 bits per heavy atom. The molecule has 0 radical (unpaired) electrons. The van der Waals surface area contributed by atoms with Gasteiger partial charge in [0.15, 0.2) is 0 Å². The normalized spacial score (nSPS) is 13.0. The van der Waals surface area contributed by atoms with Gasteiger partial charge in [0.1, 0.15) is 11.4 Å². The van der Waals surface area contributed by atoms with Gasteiger partial charge in [-0.05, 0) is 48.1 Å². The molecule has 128 valence electrons. The SMILES string of the molecule is CCc1ccc(CC(C)(Oc2ccc(C(C)C)cc2)C(=O)[O-])cc1.[Na+]. The summed E-state index contributed by atoms with van der Waals surface area (Å²) in [6, 6.07) is 15.5. The number of aryl methyl sites for hydroxylation is 1. The van der Waals surface area contributed by atoms with Crippen molar-refractivity contribution in [3.8, 4) is 5.75 Å².